The van der Waals surface area contributed by atoms with E-state index < -0.39 is 0 Å². The first-order valence-electron chi connectivity index (χ1n) is 9.78. The molecule has 0 aliphatic carbocycles. The number of aromatic nitrogens is 2. The fourth-order valence-electron chi connectivity index (χ4n) is 3.27. The number of hydrogen-bond acceptors (Lipinski definition) is 3. The number of carbonyl (C=O) groups excluding carboxylic acids is 2. The van der Waals surface area contributed by atoms with Crippen LogP contribution in [0.2, 0.25) is 5.02 Å². The molecular formula is C25H20ClN3O2. The third kappa shape index (κ3) is 4.90. The second-order valence-corrected chi connectivity index (χ2v) is 7.69. The van der Waals surface area contributed by atoms with Crippen molar-refractivity contribution in [3.8, 4) is 0 Å². The summed E-state index contributed by atoms with van der Waals surface area (Å²) in [6.07, 6.45) is 3.32. The maximum atomic E-state index is 13.0. The van der Waals surface area contributed by atoms with Gasteiger partial charge in [-0.2, -0.15) is 5.10 Å². The zero-order chi connectivity index (χ0) is 21.8. The van der Waals surface area contributed by atoms with Gasteiger partial charge < -0.3 is 5.32 Å². The van der Waals surface area contributed by atoms with Gasteiger partial charge >= 0.3 is 0 Å². The molecule has 0 saturated carbocycles. The normalized spacial score (nSPS) is 10.6. The first-order valence-corrected chi connectivity index (χ1v) is 10.2. The van der Waals surface area contributed by atoms with Gasteiger partial charge in [0.05, 0.1) is 24.0 Å². The van der Waals surface area contributed by atoms with Crippen molar-refractivity contribution in [3.05, 3.63) is 118 Å². The Morgan fingerprint density at radius 2 is 1.71 bits per heavy atom. The Bertz CT molecular complexity index is 1250. The van der Waals surface area contributed by atoms with Crippen LogP contribution in [-0.4, -0.2) is 21.5 Å². The maximum Gasteiger partial charge on any atom is 0.256 e. The number of nitrogens with zero attached hydrogens (tertiary/aromatic N) is 2. The molecule has 6 heteroatoms. The summed E-state index contributed by atoms with van der Waals surface area (Å²) in [7, 11) is 0. The van der Waals surface area contributed by atoms with E-state index in [0.29, 0.717) is 33.9 Å². The van der Waals surface area contributed by atoms with Gasteiger partial charge in [-0.25, -0.2) is 0 Å². The summed E-state index contributed by atoms with van der Waals surface area (Å²) in [4.78, 5) is 25.9. The smallest absolute Gasteiger partial charge is 0.256 e. The van der Waals surface area contributed by atoms with Gasteiger partial charge in [-0.05, 0) is 30.7 Å². The molecule has 5 nitrogen and oxygen atoms in total. The van der Waals surface area contributed by atoms with E-state index in [4.69, 9.17) is 11.6 Å². The van der Waals surface area contributed by atoms with Crippen molar-refractivity contribution in [2.45, 2.75) is 13.5 Å². The van der Waals surface area contributed by atoms with E-state index in [-0.39, 0.29) is 11.7 Å². The molecule has 0 spiro atoms. The lowest BCUT2D eigenvalue weighted by Crippen LogP contribution is -2.16. The van der Waals surface area contributed by atoms with Crippen molar-refractivity contribution in [2.75, 3.05) is 5.32 Å². The van der Waals surface area contributed by atoms with E-state index in [1.807, 2.05) is 43.3 Å². The predicted octanol–water partition coefficient (Wildman–Crippen LogP) is 5.38. The van der Waals surface area contributed by atoms with Crippen LogP contribution < -0.4 is 5.32 Å². The van der Waals surface area contributed by atoms with Crippen LogP contribution in [0.3, 0.4) is 0 Å². The van der Waals surface area contributed by atoms with E-state index in [1.165, 1.54) is 0 Å². The van der Waals surface area contributed by atoms with Crippen molar-refractivity contribution in [3.63, 3.8) is 0 Å². The van der Waals surface area contributed by atoms with Crippen molar-refractivity contribution in [1.29, 1.82) is 0 Å². The van der Waals surface area contributed by atoms with E-state index >= 15 is 0 Å². The standard InChI is InChI=1S/C25H20ClN3O2/c1-17-9-11-19(12-10-17)24(30)22-7-2-3-8-23(22)25(31)28-21-14-27-29(16-21)15-18-5-4-6-20(26)13-18/h2-14,16H,15H2,1H3,(H,28,31). The minimum atomic E-state index is -0.363. The highest BCUT2D eigenvalue weighted by Gasteiger charge is 2.18. The maximum absolute atomic E-state index is 13.0. The van der Waals surface area contributed by atoms with Crippen LogP contribution in [0.4, 0.5) is 5.69 Å². The van der Waals surface area contributed by atoms with E-state index in [0.717, 1.165) is 11.1 Å². The van der Waals surface area contributed by atoms with Gasteiger partial charge in [-0.1, -0.05) is 71.8 Å². The summed E-state index contributed by atoms with van der Waals surface area (Å²) in [6.45, 7) is 2.49. The molecule has 1 amide bonds. The highest BCUT2D eigenvalue weighted by Crippen LogP contribution is 2.18. The number of aryl methyl sites for hydroxylation is 1. The van der Waals surface area contributed by atoms with E-state index in [2.05, 4.69) is 10.4 Å². The molecule has 154 valence electrons. The third-order valence-corrected chi connectivity index (χ3v) is 5.09. The Kier molecular flexibility index (Phi) is 5.96. The highest BCUT2D eigenvalue weighted by molar-refractivity contribution is 6.30. The topological polar surface area (TPSA) is 64.0 Å². The number of rotatable bonds is 6. The lowest BCUT2D eigenvalue weighted by Gasteiger charge is -2.09. The van der Waals surface area contributed by atoms with Crippen LogP contribution in [0.15, 0.2) is 85.2 Å². The summed E-state index contributed by atoms with van der Waals surface area (Å²) in [5.41, 5.74) is 3.83. The highest BCUT2D eigenvalue weighted by atomic mass is 35.5. The first-order chi connectivity index (χ1) is 15.0. The molecule has 0 bridgehead atoms. The third-order valence-electron chi connectivity index (χ3n) is 4.85. The van der Waals surface area contributed by atoms with Crippen molar-refractivity contribution < 1.29 is 9.59 Å². The number of amides is 1. The molecule has 0 fully saturated rings. The second-order valence-electron chi connectivity index (χ2n) is 7.25. The molecule has 1 N–H and O–H groups in total. The SMILES string of the molecule is Cc1ccc(C(=O)c2ccccc2C(=O)Nc2cnn(Cc3cccc(Cl)c3)c2)cc1. The molecule has 0 aliphatic heterocycles. The monoisotopic (exact) mass is 429 g/mol. The van der Waals surface area contributed by atoms with Crippen molar-refractivity contribution in [1.82, 2.24) is 9.78 Å². The van der Waals surface area contributed by atoms with Crippen LogP contribution in [0.5, 0.6) is 0 Å². The molecule has 0 unspecified atom stereocenters. The van der Waals surface area contributed by atoms with Crippen molar-refractivity contribution in [2.24, 2.45) is 0 Å². The Labute approximate surface area is 185 Å². The van der Waals surface area contributed by atoms with Gasteiger partial charge in [-0.3, -0.25) is 14.3 Å². The van der Waals surface area contributed by atoms with Gasteiger partial charge in [0.2, 0.25) is 0 Å². The predicted molar refractivity (Wildman–Crippen MR) is 122 cm³/mol. The van der Waals surface area contributed by atoms with Gasteiger partial charge in [0.25, 0.3) is 5.91 Å². The molecule has 1 heterocycles. The summed E-state index contributed by atoms with van der Waals surface area (Å²) >= 11 is 6.03. The Morgan fingerprint density at radius 3 is 2.45 bits per heavy atom. The first kappa shape index (κ1) is 20.6. The number of ketones is 1. The Balaban J connectivity index is 1.51. The quantitative estimate of drug-likeness (QED) is 0.419. The summed E-state index contributed by atoms with van der Waals surface area (Å²) < 4.78 is 1.71. The fraction of sp³-hybridized carbons (Fsp3) is 0.0800. The Hall–Kier alpha value is -3.70. The lowest BCUT2D eigenvalue weighted by atomic mass is 9.97. The Morgan fingerprint density at radius 1 is 0.968 bits per heavy atom. The molecule has 31 heavy (non-hydrogen) atoms. The average Bonchev–Trinajstić information content (AvgIpc) is 3.20. The summed E-state index contributed by atoms with van der Waals surface area (Å²) in [5.74, 6) is -0.555. The minimum absolute atomic E-state index is 0.192. The average molecular weight is 430 g/mol. The van der Waals surface area contributed by atoms with Crippen molar-refractivity contribution >= 4 is 29.0 Å². The van der Waals surface area contributed by atoms with E-state index in [9.17, 15) is 9.59 Å². The van der Waals surface area contributed by atoms with E-state index in [1.54, 1.807) is 53.5 Å². The van der Waals surface area contributed by atoms with Crippen LogP contribution in [0, 0.1) is 6.92 Å². The zero-order valence-corrected chi connectivity index (χ0v) is 17.6. The molecule has 0 atom stereocenters. The molecular weight excluding hydrogens is 410 g/mol. The fourth-order valence-corrected chi connectivity index (χ4v) is 3.49. The number of nitrogens with one attached hydrogen (secondary N) is 1. The van der Waals surface area contributed by atoms with Crippen LogP contribution in [0.25, 0.3) is 0 Å². The molecule has 0 radical (unpaired) electrons. The molecule has 3 aromatic carbocycles. The number of anilines is 1. The second kappa shape index (κ2) is 8.98. The molecule has 1 aromatic heterocycles. The number of hydrogen-bond donors (Lipinski definition) is 1. The zero-order valence-electron chi connectivity index (χ0n) is 16.9. The molecule has 4 aromatic rings. The van der Waals surface area contributed by atoms with Crippen LogP contribution >= 0.6 is 11.6 Å². The number of halogens is 1. The van der Waals surface area contributed by atoms with Gasteiger partial charge in [0, 0.05) is 22.3 Å². The lowest BCUT2D eigenvalue weighted by molar-refractivity contribution is 0.0996. The minimum Gasteiger partial charge on any atom is -0.319 e. The number of carbonyl (C=O) groups is 2. The summed E-state index contributed by atoms with van der Waals surface area (Å²) in [6, 6.07) is 21.6. The number of benzene rings is 3. The molecule has 0 aliphatic rings. The molecule has 4 rings (SSSR count). The molecule has 0 saturated heterocycles. The van der Waals surface area contributed by atoms with Crippen LogP contribution in [-0.2, 0) is 6.54 Å². The van der Waals surface area contributed by atoms with Crippen LogP contribution in [0.1, 0.15) is 37.4 Å². The largest absolute Gasteiger partial charge is 0.319 e. The van der Waals surface area contributed by atoms with Gasteiger partial charge in [0.1, 0.15) is 0 Å². The van der Waals surface area contributed by atoms with Gasteiger partial charge in [0.15, 0.2) is 5.78 Å². The van der Waals surface area contributed by atoms with Gasteiger partial charge in [-0.15, -0.1) is 0 Å². The summed E-state index contributed by atoms with van der Waals surface area (Å²) in [5, 5.41) is 7.78.